The molecule has 0 aliphatic rings. The van der Waals surface area contributed by atoms with Gasteiger partial charge in [0.2, 0.25) is 5.91 Å². The monoisotopic (exact) mass is 384 g/mol. The molecule has 0 saturated heterocycles. The number of benzene rings is 2. The molecule has 0 bridgehead atoms. The molecular weight excluding hydrogens is 356 g/mol. The van der Waals surface area contributed by atoms with E-state index >= 15 is 0 Å². The lowest BCUT2D eigenvalue weighted by atomic mass is 9.84. The average molecular weight is 384 g/mol. The molecule has 6 nitrogen and oxygen atoms in total. The maximum Gasteiger partial charge on any atom is 0.255 e. The normalized spacial score (nSPS) is 10.9. The summed E-state index contributed by atoms with van der Waals surface area (Å²) in [6.45, 7) is 6.52. The van der Waals surface area contributed by atoms with Crippen LogP contribution >= 0.6 is 0 Å². The summed E-state index contributed by atoms with van der Waals surface area (Å²) in [7, 11) is 3.08. The Balaban J connectivity index is 2.07. The first kappa shape index (κ1) is 21.3. The van der Waals surface area contributed by atoms with Crippen molar-refractivity contribution < 1.29 is 19.1 Å². The summed E-state index contributed by atoms with van der Waals surface area (Å²) in [6.07, 6.45) is 0.469. The number of ether oxygens (including phenoxy) is 2. The lowest BCUT2D eigenvalue weighted by Crippen LogP contribution is -2.36. The maximum atomic E-state index is 12.5. The smallest absolute Gasteiger partial charge is 0.255 e. The van der Waals surface area contributed by atoms with E-state index in [1.165, 1.54) is 7.11 Å². The average Bonchev–Trinajstić information content (AvgIpc) is 2.71. The fraction of sp³-hybridized carbons (Fsp3) is 0.364. The number of methoxy groups -OCH3 is 2. The Kier molecular flexibility index (Phi) is 7.04. The van der Waals surface area contributed by atoms with Gasteiger partial charge in [-0.25, -0.2) is 0 Å². The molecule has 2 N–H and O–H groups in total. The van der Waals surface area contributed by atoms with Gasteiger partial charge in [-0.15, -0.1) is 0 Å². The van der Waals surface area contributed by atoms with Gasteiger partial charge in [0.25, 0.3) is 5.91 Å². The molecule has 0 heterocycles. The zero-order chi connectivity index (χ0) is 20.7. The first-order chi connectivity index (χ1) is 13.3. The molecule has 2 aromatic carbocycles. The van der Waals surface area contributed by atoms with Crippen LogP contribution in [0, 0.1) is 0 Å². The summed E-state index contributed by atoms with van der Waals surface area (Å²) >= 11 is 0. The van der Waals surface area contributed by atoms with Gasteiger partial charge in [0.1, 0.15) is 0 Å². The summed E-state index contributed by atoms with van der Waals surface area (Å²) in [5.41, 5.74) is 2.03. The fourth-order valence-corrected chi connectivity index (χ4v) is 2.73. The van der Waals surface area contributed by atoms with Crippen molar-refractivity contribution in [1.82, 2.24) is 5.32 Å². The molecule has 6 heteroatoms. The second-order valence-corrected chi connectivity index (χ2v) is 7.12. The molecule has 0 aliphatic carbocycles. The molecule has 0 spiro atoms. The molecule has 0 aromatic heterocycles. The van der Waals surface area contributed by atoms with Crippen molar-refractivity contribution in [2.45, 2.75) is 32.6 Å². The minimum Gasteiger partial charge on any atom is -0.493 e. The molecule has 2 aromatic rings. The Bertz CT molecular complexity index is 829. The molecule has 2 amide bonds. The topological polar surface area (TPSA) is 76.7 Å². The number of amides is 2. The van der Waals surface area contributed by atoms with E-state index in [2.05, 4.69) is 24.5 Å². The molecular formula is C22H28N2O4. The fourth-order valence-electron chi connectivity index (χ4n) is 2.73. The van der Waals surface area contributed by atoms with Crippen molar-refractivity contribution in [2.75, 3.05) is 26.1 Å². The summed E-state index contributed by atoms with van der Waals surface area (Å²) < 4.78 is 10.4. The van der Waals surface area contributed by atoms with Crippen molar-refractivity contribution in [3.05, 3.63) is 53.6 Å². The third kappa shape index (κ3) is 5.25. The van der Waals surface area contributed by atoms with Gasteiger partial charge in [-0.05, 0) is 35.9 Å². The van der Waals surface area contributed by atoms with E-state index in [-0.39, 0.29) is 17.2 Å². The highest BCUT2D eigenvalue weighted by atomic mass is 16.5. The van der Waals surface area contributed by atoms with Crippen LogP contribution in [0.4, 0.5) is 5.69 Å². The van der Waals surface area contributed by atoms with Crippen LogP contribution in [-0.2, 0) is 10.2 Å². The van der Waals surface area contributed by atoms with Crippen molar-refractivity contribution in [1.29, 1.82) is 0 Å². The van der Waals surface area contributed by atoms with Gasteiger partial charge in [-0.2, -0.15) is 0 Å². The molecule has 0 aliphatic heterocycles. The Labute approximate surface area is 166 Å². The van der Waals surface area contributed by atoms with Crippen LogP contribution in [-0.4, -0.2) is 32.6 Å². The summed E-state index contributed by atoms with van der Waals surface area (Å²) in [6, 6.07) is 12.7. The van der Waals surface area contributed by atoms with Gasteiger partial charge in [0, 0.05) is 29.6 Å². The largest absolute Gasteiger partial charge is 0.493 e. The molecule has 0 atom stereocenters. The van der Waals surface area contributed by atoms with Crippen molar-refractivity contribution in [3.8, 4) is 11.5 Å². The van der Waals surface area contributed by atoms with Gasteiger partial charge in [-0.3, -0.25) is 9.59 Å². The van der Waals surface area contributed by atoms with Crippen LogP contribution in [0.5, 0.6) is 11.5 Å². The second-order valence-electron chi connectivity index (χ2n) is 7.12. The van der Waals surface area contributed by atoms with Crippen LogP contribution in [0.15, 0.2) is 42.5 Å². The number of carbonyl (C=O) groups is 2. The third-order valence-corrected chi connectivity index (χ3v) is 4.62. The Morgan fingerprint density at radius 1 is 0.964 bits per heavy atom. The SMILES string of the molecule is CCC(=O)NCC(C)(C)c1ccc(NC(=O)c2ccc(OC)c(OC)c2)cc1. The predicted molar refractivity (Wildman–Crippen MR) is 110 cm³/mol. The first-order valence-corrected chi connectivity index (χ1v) is 9.21. The second kappa shape index (κ2) is 9.26. The van der Waals surface area contributed by atoms with E-state index in [0.717, 1.165) is 5.56 Å². The zero-order valence-electron chi connectivity index (χ0n) is 17.1. The predicted octanol–water partition coefficient (Wildman–Crippen LogP) is 3.76. The molecule has 0 saturated carbocycles. The maximum absolute atomic E-state index is 12.5. The number of carbonyl (C=O) groups excluding carboxylic acids is 2. The number of hydrogen-bond donors (Lipinski definition) is 2. The lowest BCUT2D eigenvalue weighted by molar-refractivity contribution is -0.121. The third-order valence-electron chi connectivity index (χ3n) is 4.62. The number of hydrogen-bond acceptors (Lipinski definition) is 4. The van der Waals surface area contributed by atoms with E-state index in [4.69, 9.17) is 9.47 Å². The highest BCUT2D eigenvalue weighted by molar-refractivity contribution is 6.04. The van der Waals surface area contributed by atoms with E-state index in [9.17, 15) is 9.59 Å². The van der Waals surface area contributed by atoms with Crippen LogP contribution in [0.2, 0.25) is 0 Å². The van der Waals surface area contributed by atoms with Crippen LogP contribution in [0.1, 0.15) is 43.1 Å². The number of rotatable bonds is 8. The molecule has 0 unspecified atom stereocenters. The Morgan fingerprint density at radius 3 is 2.18 bits per heavy atom. The summed E-state index contributed by atoms with van der Waals surface area (Å²) in [5.74, 6) is 0.872. The van der Waals surface area contributed by atoms with Gasteiger partial charge in [0.15, 0.2) is 11.5 Å². The quantitative estimate of drug-likeness (QED) is 0.727. The zero-order valence-corrected chi connectivity index (χ0v) is 17.1. The molecule has 0 fully saturated rings. The van der Waals surface area contributed by atoms with Crippen molar-refractivity contribution >= 4 is 17.5 Å². The minimum absolute atomic E-state index is 0.0341. The molecule has 28 heavy (non-hydrogen) atoms. The van der Waals surface area contributed by atoms with E-state index in [1.54, 1.807) is 25.3 Å². The van der Waals surface area contributed by atoms with Crippen LogP contribution in [0.3, 0.4) is 0 Å². The number of anilines is 1. The van der Waals surface area contributed by atoms with Crippen LogP contribution < -0.4 is 20.1 Å². The summed E-state index contributed by atoms with van der Waals surface area (Å²) in [4.78, 5) is 24.0. The molecule has 150 valence electrons. The van der Waals surface area contributed by atoms with E-state index in [1.807, 2.05) is 31.2 Å². The van der Waals surface area contributed by atoms with E-state index in [0.29, 0.717) is 35.7 Å². The first-order valence-electron chi connectivity index (χ1n) is 9.21. The van der Waals surface area contributed by atoms with Gasteiger partial charge < -0.3 is 20.1 Å². The van der Waals surface area contributed by atoms with Crippen molar-refractivity contribution in [2.24, 2.45) is 0 Å². The highest BCUT2D eigenvalue weighted by Gasteiger charge is 2.21. The van der Waals surface area contributed by atoms with Gasteiger partial charge >= 0.3 is 0 Å². The highest BCUT2D eigenvalue weighted by Crippen LogP contribution is 2.28. The minimum atomic E-state index is -0.233. The van der Waals surface area contributed by atoms with Gasteiger partial charge in [-0.1, -0.05) is 32.9 Å². The summed E-state index contributed by atoms with van der Waals surface area (Å²) in [5, 5.41) is 5.81. The number of nitrogens with one attached hydrogen (secondary N) is 2. The Morgan fingerprint density at radius 2 is 1.61 bits per heavy atom. The lowest BCUT2D eigenvalue weighted by Gasteiger charge is -2.26. The standard InChI is InChI=1S/C22H28N2O4/c1-6-20(25)23-14-22(2,3)16-8-10-17(11-9-16)24-21(26)15-7-12-18(27-4)19(13-15)28-5/h7-13H,6,14H2,1-5H3,(H,23,25)(H,24,26). The van der Waals surface area contributed by atoms with Gasteiger partial charge in [0.05, 0.1) is 14.2 Å². The van der Waals surface area contributed by atoms with Crippen molar-refractivity contribution in [3.63, 3.8) is 0 Å². The molecule has 0 radical (unpaired) electrons. The Hall–Kier alpha value is -3.02. The molecule has 2 rings (SSSR count). The van der Waals surface area contributed by atoms with E-state index < -0.39 is 0 Å². The van der Waals surface area contributed by atoms with Crippen LogP contribution in [0.25, 0.3) is 0 Å².